The van der Waals surface area contributed by atoms with Crippen molar-refractivity contribution in [1.82, 2.24) is 10.2 Å². The predicted octanol–water partition coefficient (Wildman–Crippen LogP) is 3.67. The fourth-order valence-electron chi connectivity index (χ4n) is 4.04. The van der Waals surface area contributed by atoms with Crippen molar-refractivity contribution in [2.45, 2.75) is 77.8 Å². The molecule has 1 N–H and O–H groups in total. The fourth-order valence-corrected chi connectivity index (χ4v) is 4.04. The van der Waals surface area contributed by atoms with Gasteiger partial charge in [-0.1, -0.05) is 20.8 Å². The van der Waals surface area contributed by atoms with Gasteiger partial charge in [-0.15, -0.1) is 0 Å². The second-order valence-corrected chi connectivity index (χ2v) is 7.10. The van der Waals surface area contributed by atoms with Crippen LogP contribution in [0.25, 0.3) is 0 Å². The molecule has 2 heteroatoms. The summed E-state index contributed by atoms with van der Waals surface area (Å²) in [5.41, 5.74) is 0. The number of nitrogens with one attached hydrogen (secondary N) is 1. The van der Waals surface area contributed by atoms with Crippen molar-refractivity contribution in [2.75, 3.05) is 19.6 Å². The van der Waals surface area contributed by atoms with Crippen molar-refractivity contribution >= 4 is 0 Å². The van der Waals surface area contributed by atoms with E-state index in [0.29, 0.717) is 0 Å². The van der Waals surface area contributed by atoms with E-state index in [1.807, 2.05) is 0 Å². The SMILES string of the molecule is CCCN(CC1CCCN1)C1CCC(C(C)C)CC1. The third kappa shape index (κ3) is 4.46. The van der Waals surface area contributed by atoms with Crippen molar-refractivity contribution in [2.24, 2.45) is 11.8 Å². The van der Waals surface area contributed by atoms with Gasteiger partial charge < -0.3 is 5.32 Å². The molecule has 0 aromatic heterocycles. The maximum atomic E-state index is 3.67. The normalized spacial score (nSPS) is 32.4. The van der Waals surface area contributed by atoms with Crippen LogP contribution in [0.5, 0.6) is 0 Å². The highest BCUT2D eigenvalue weighted by Crippen LogP contribution is 2.32. The smallest absolute Gasteiger partial charge is 0.0195 e. The summed E-state index contributed by atoms with van der Waals surface area (Å²) in [6, 6.07) is 1.65. The summed E-state index contributed by atoms with van der Waals surface area (Å²) in [6.07, 6.45) is 9.87. The Labute approximate surface area is 120 Å². The lowest BCUT2D eigenvalue weighted by Crippen LogP contribution is -2.45. The van der Waals surface area contributed by atoms with Crippen LogP contribution in [-0.4, -0.2) is 36.6 Å². The molecular weight excluding hydrogens is 232 g/mol. The van der Waals surface area contributed by atoms with Crippen LogP contribution in [-0.2, 0) is 0 Å². The summed E-state index contributed by atoms with van der Waals surface area (Å²) >= 11 is 0. The largest absolute Gasteiger partial charge is 0.313 e. The van der Waals surface area contributed by atoms with Crippen LogP contribution >= 0.6 is 0 Å². The Morgan fingerprint density at radius 1 is 1.11 bits per heavy atom. The van der Waals surface area contributed by atoms with Crippen molar-refractivity contribution in [3.05, 3.63) is 0 Å². The second-order valence-electron chi connectivity index (χ2n) is 7.10. The van der Waals surface area contributed by atoms with Crippen LogP contribution in [0.15, 0.2) is 0 Å². The average molecular weight is 266 g/mol. The molecule has 0 spiro atoms. The van der Waals surface area contributed by atoms with E-state index >= 15 is 0 Å². The molecule has 2 rings (SSSR count). The van der Waals surface area contributed by atoms with Gasteiger partial charge in [-0.25, -0.2) is 0 Å². The number of nitrogens with zero attached hydrogens (tertiary/aromatic N) is 1. The maximum absolute atomic E-state index is 3.67. The molecule has 0 amide bonds. The van der Waals surface area contributed by atoms with Gasteiger partial charge in [0.1, 0.15) is 0 Å². The molecule has 19 heavy (non-hydrogen) atoms. The van der Waals surface area contributed by atoms with Crippen molar-refractivity contribution in [3.8, 4) is 0 Å². The maximum Gasteiger partial charge on any atom is 0.0195 e. The molecule has 1 heterocycles. The topological polar surface area (TPSA) is 15.3 Å². The van der Waals surface area contributed by atoms with Gasteiger partial charge in [0.15, 0.2) is 0 Å². The van der Waals surface area contributed by atoms with Crippen LogP contribution in [0.2, 0.25) is 0 Å². The first-order valence-electron chi connectivity index (χ1n) is 8.68. The minimum Gasteiger partial charge on any atom is -0.313 e. The van der Waals surface area contributed by atoms with Crippen LogP contribution < -0.4 is 5.32 Å². The Balaban J connectivity index is 1.81. The molecule has 0 bridgehead atoms. The predicted molar refractivity (Wildman–Crippen MR) is 83.5 cm³/mol. The quantitative estimate of drug-likeness (QED) is 0.789. The third-order valence-corrected chi connectivity index (χ3v) is 5.33. The molecule has 2 fully saturated rings. The van der Waals surface area contributed by atoms with Crippen molar-refractivity contribution in [3.63, 3.8) is 0 Å². The van der Waals surface area contributed by atoms with Gasteiger partial charge in [0.05, 0.1) is 0 Å². The molecule has 0 aromatic rings. The number of hydrogen-bond acceptors (Lipinski definition) is 2. The van der Waals surface area contributed by atoms with Gasteiger partial charge in [0.2, 0.25) is 0 Å². The van der Waals surface area contributed by atoms with E-state index in [-0.39, 0.29) is 0 Å². The Hall–Kier alpha value is -0.0800. The van der Waals surface area contributed by atoms with Gasteiger partial charge in [0.25, 0.3) is 0 Å². The van der Waals surface area contributed by atoms with E-state index in [2.05, 4.69) is 31.0 Å². The summed E-state index contributed by atoms with van der Waals surface area (Å²) in [6.45, 7) is 11.0. The molecule has 1 aliphatic heterocycles. The Morgan fingerprint density at radius 2 is 1.84 bits per heavy atom. The van der Waals surface area contributed by atoms with Gasteiger partial charge in [-0.05, 0) is 69.9 Å². The summed E-state index contributed by atoms with van der Waals surface area (Å²) in [5.74, 6) is 1.88. The first-order chi connectivity index (χ1) is 9.20. The average Bonchev–Trinajstić information content (AvgIpc) is 2.91. The minimum absolute atomic E-state index is 0.773. The highest BCUT2D eigenvalue weighted by atomic mass is 15.2. The molecule has 1 unspecified atom stereocenters. The second kappa shape index (κ2) is 7.64. The van der Waals surface area contributed by atoms with E-state index in [9.17, 15) is 0 Å². The summed E-state index contributed by atoms with van der Waals surface area (Å²) < 4.78 is 0. The van der Waals surface area contributed by atoms with E-state index < -0.39 is 0 Å². The summed E-state index contributed by atoms with van der Waals surface area (Å²) in [7, 11) is 0. The Morgan fingerprint density at radius 3 is 2.37 bits per heavy atom. The van der Waals surface area contributed by atoms with Crippen LogP contribution in [0.3, 0.4) is 0 Å². The monoisotopic (exact) mass is 266 g/mol. The van der Waals surface area contributed by atoms with Gasteiger partial charge in [-0.3, -0.25) is 4.90 Å². The highest BCUT2D eigenvalue weighted by Gasteiger charge is 2.28. The zero-order valence-electron chi connectivity index (χ0n) is 13.3. The van der Waals surface area contributed by atoms with E-state index in [1.165, 1.54) is 64.6 Å². The molecule has 112 valence electrons. The Bertz CT molecular complexity index is 238. The molecule has 1 atom stereocenters. The molecule has 1 saturated carbocycles. The van der Waals surface area contributed by atoms with Gasteiger partial charge in [-0.2, -0.15) is 0 Å². The van der Waals surface area contributed by atoms with E-state index in [1.54, 1.807) is 0 Å². The molecule has 2 nitrogen and oxygen atoms in total. The molecule has 0 radical (unpaired) electrons. The first-order valence-corrected chi connectivity index (χ1v) is 8.68. The highest BCUT2D eigenvalue weighted by molar-refractivity contribution is 4.85. The Kier molecular flexibility index (Phi) is 6.15. The molecule has 1 aliphatic carbocycles. The lowest BCUT2D eigenvalue weighted by molar-refractivity contribution is 0.114. The minimum atomic E-state index is 0.773. The van der Waals surface area contributed by atoms with Crippen molar-refractivity contribution < 1.29 is 0 Å². The fraction of sp³-hybridized carbons (Fsp3) is 1.00. The molecule has 1 saturated heterocycles. The van der Waals surface area contributed by atoms with Crippen LogP contribution in [0.1, 0.15) is 65.7 Å². The number of hydrogen-bond donors (Lipinski definition) is 1. The lowest BCUT2D eigenvalue weighted by atomic mass is 9.79. The third-order valence-electron chi connectivity index (χ3n) is 5.33. The van der Waals surface area contributed by atoms with E-state index in [4.69, 9.17) is 0 Å². The lowest BCUT2D eigenvalue weighted by Gasteiger charge is -2.39. The summed E-state index contributed by atoms with van der Waals surface area (Å²) in [4.78, 5) is 2.81. The standard InChI is InChI=1S/C17H34N2/c1-4-12-19(13-16-6-5-11-18-16)17-9-7-15(8-10-17)14(2)3/h14-18H,4-13H2,1-3H3. The zero-order valence-corrected chi connectivity index (χ0v) is 13.3. The first kappa shape index (κ1) is 15.3. The molecular formula is C17H34N2. The van der Waals surface area contributed by atoms with E-state index in [0.717, 1.165) is 23.9 Å². The van der Waals surface area contributed by atoms with Gasteiger partial charge >= 0.3 is 0 Å². The van der Waals surface area contributed by atoms with Crippen LogP contribution in [0, 0.1) is 11.8 Å². The van der Waals surface area contributed by atoms with Crippen molar-refractivity contribution in [1.29, 1.82) is 0 Å². The summed E-state index contributed by atoms with van der Waals surface area (Å²) in [5, 5.41) is 3.67. The molecule has 0 aromatic carbocycles. The zero-order chi connectivity index (χ0) is 13.7. The number of rotatable bonds is 6. The molecule has 2 aliphatic rings. The van der Waals surface area contributed by atoms with Crippen LogP contribution in [0.4, 0.5) is 0 Å². The van der Waals surface area contributed by atoms with Gasteiger partial charge in [0, 0.05) is 18.6 Å².